The Kier molecular flexibility index (Phi) is 81.6. The van der Waals surface area contributed by atoms with Gasteiger partial charge in [0.25, 0.3) is 0 Å². The van der Waals surface area contributed by atoms with E-state index < -0.39 is 0 Å². The summed E-state index contributed by atoms with van der Waals surface area (Å²) >= 11 is 0. The molecule has 0 N–H and O–H groups in total. The van der Waals surface area contributed by atoms with Crippen molar-refractivity contribution in [2.75, 3.05) is 0 Å². The van der Waals surface area contributed by atoms with E-state index in [4.69, 9.17) is 0 Å². The molecule has 4 rings (SSSR count). The highest BCUT2D eigenvalue weighted by Crippen LogP contribution is 2.44. The summed E-state index contributed by atoms with van der Waals surface area (Å²) < 4.78 is 0. The topological polar surface area (TPSA) is 0 Å². The summed E-state index contributed by atoms with van der Waals surface area (Å²) in [4.78, 5) is 0. The molecule has 0 bridgehead atoms. The number of rotatable bonds is 1. The van der Waals surface area contributed by atoms with E-state index in [1.54, 1.807) is 6.08 Å². The van der Waals surface area contributed by atoms with Gasteiger partial charge in [0.15, 0.2) is 0 Å². The summed E-state index contributed by atoms with van der Waals surface area (Å²) in [5, 5.41) is 0. The highest BCUT2D eigenvalue weighted by Gasteiger charge is 2.33. The van der Waals surface area contributed by atoms with E-state index in [1.165, 1.54) is 96.3 Å². The fourth-order valence-corrected chi connectivity index (χ4v) is 5.98. The fourth-order valence-electron chi connectivity index (χ4n) is 5.98. The molecule has 0 radical (unpaired) electrons. The molecule has 0 nitrogen and oxygen atoms in total. The Balaban J connectivity index is -0.0000000590. The molecule has 0 spiro atoms. The van der Waals surface area contributed by atoms with Gasteiger partial charge in [-0.1, -0.05) is 273 Å². The van der Waals surface area contributed by atoms with Crippen LogP contribution in [0, 0.1) is 57.2 Å². The average Bonchev–Trinajstić information content (AvgIpc) is 3.91. The standard InChI is InChI=1S/C10H20.C9H18.C8H16.C7H14.C5H12.C4H10.C3H6.7C2H6/c1-10(2,3)9-7-5-4-6-8-9;1-9(2,3)8-6-4-5-7-8;1-8(2,3)7-5-4-6-7;1-7(2,3)6-4-5-6;1-4-5(2)3;1-4(2)3;1-3-2;7*1-2/h9H,4-8H2,1-3H3;8H,4-7H2,1-3H3;7H,4-6H2,1-3H3;6H,4-5H2,1-3H3;5H,4H2,1-3H3;4H,1-3H3;3H,1H2,2H3;7*1-2H3. The summed E-state index contributed by atoms with van der Waals surface area (Å²) in [7, 11) is 0. The van der Waals surface area contributed by atoms with Crippen LogP contribution in [-0.2, 0) is 0 Å². The number of hydrogen-bond donors (Lipinski definition) is 0. The number of allylic oxidation sites excluding steroid dienone is 1. The van der Waals surface area contributed by atoms with Crippen molar-refractivity contribution in [1.29, 1.82) is 0 Å². The Morgan fingerprint density at radius 3 is 0.567 bits per heavy atom. The lowest BCUT2D eigenvalue weighted by Crippen LogP contribution is -2.26. The van der Waals surface area contributed by atoms with E-state index in [-0.39, 0.29) is 0 Å². The zero-order valence-corrected chi connectivity index (χ0v) is 50.4. The molecule has 0 aromatic heterocycles. The quantitative estimate of drug-likeness (QED) is 0.231. The molecule has 0 heteroatoms. The van der Waals surface area contributed by atoms with Gasteiger partial charge in [0.2, 0.25) is 0 Å². The van der Waals surface area contributed by atoms with Gasteiger partial charge in [-0.15, -0.1) is 6.58 Å². The van der Waals surface area contributed by atoms with Gasteiger partial charge in [-0.2, -0.15) is 0 Å². The smallest absolute Gasteiger partial charge is 0.0354 e. The van der Waals surface area contributed by atoms with Crippen molar-refractivity contribution in [3.63, 3.8) is 0 Å². The van der Waals surface area contributed by atoms with Gasteiger partial charge in [-0.3, -0.25) is 0 Å². The summed E-state index contributed by atoms with van der Waals surface area (Å²) in [5.74, 6) is 5.81. The molecular formula is C60H138. The Morgan fingerprint density at radius 2 is 0.500 bits per heavy atom. The first-order chi connectivity index (χ1) is 27.8. The van der Waals surface area contributed by atoms with Crippen LogP contribution in [0.2, 0.25) is 0 Å². The van der Waals surface area contributed by atoms with Crippen LogP contribution in [0.5, 0.6) is 0 Å². The Morgan fingerprint density at radius 1 is 0.367 bits per heavy atom. The molecule has 0 atom stereocenters. The zero-order valence-electron chi connectivity index (χ0n) is 50.4. The first kappa shape index (κ1) is 83.3. The molecule has 0 amide bonds. The van der Waals surface area contributed by atoms with Crippen LogP contribution in [0.15, 0.2) is 12.7 Å². The number of hydrogen-bond acceptors (Lipinski definition) is 0. The second-order valence-electron chi connectivity index (χ2n) is 20.6. The van der Waals surface area contributed by atoms with Crippen LogP contribution < -0.4 is 0 Å². The Hall–Kier alpha value is -0.260. The lowest BCUT2D eigenvalue weighted by Gasteiger charge is -2.37. The average molecular weight is 860 g/mol. The Labute approximate surface area is 393 Å². The summed E-state index contributed by atoms with van der Waals surface area (Å²) in [5.41, 5.74) is 2.36. The molecular weight excluding hydrogens is 721 g/mol. The van der Waals surface area contributed by atoms with E-state index in [0.29, 0.717) is 21.7 Å². The van der Waals surface area contributed by atoms with Gasteiger partial charge in [0, 0.05) is 0 Å². The van der Waals surface area contributed by atoms with Crippen molar-refractivity contribution >= 4 is 0 Å². The van der Waals surface area contributed by atoms with Gasteiger partial charge < -0.3 is 0 Å². The fraction of sp³-hybridized carbons (Fsp3) is 0.967. The SMILES string of the molecule is C=CC.CC.CC.CC.CC.CC.CC.CC.CC(C)(C)C1CC1.CC(C)(C)C1CCC1.CC(C)(C)C1CCCC1.CC(C)(C)C1CCCCC1.CC(C)C.CCC(C)C. The van der Waals surface area contributed by atoms with Crippen LogP contribution in [0.3, 0.4) is 0 Å². The minimum Gasteiger partial charge on any atom is -0.103 e. The first-order valence-corrected chi connectivity index (χ1v) is 27.4. The van der Waals surface area contributed by atoms with Crippen LogP contribution in [0.1, 0.15) is 325 Å². The molecule has 4 aliphatic carbocycles. The van der Waals surface area contributed by atoms with E-state index in [9.17, 15) is 0 Å². The molecule has 4 saturated carbocycles. The molecule has 4 aliphatic rings. The molecule has 0 aromatic carbocycles. The monoisotopic (exact) mass is 859 g/mol. The molecule has 378 valence electrons. The maximum absolute atomic E-state index is 3.36. The van der Waals surface area contributed by atoms with Crippen molar-refractivity contribution in [2.24, 2.45) is 57.2 Å². The van der Waals surface area contributed by atoms with Crippen molar-refractivity contribution < 1.29 is 0 Å². The van der Waals surface area contributed by atoms with Gasteiger partial charge >= 0.3 is 0 Å². The van der Waals surface area contributed by atoms with E-state index in [0.717, 1.165) is 35.5 Å². The molecule has 4 fully saturated rings. The third-order valence-electron chi connectivity index (χ3n) is 10.4. The maximum atomic E-state index is 3.36. The van der Waals surface area contributed by atoms with Crippen LogP contribution in [0.25, 0.3) is 0 Å². The van der Waals surface area contributed by atoms with Crippen LogP contribution in [-0.4, -0.2) is 0 Å². The molecule has 0 heterocycles. The molecule has 0 aromatic rings. The van der Waals surface area contributed by atoms with Crippen molar-refractivity contribution in [2.45, 2.75) is 325 Å². The van der Waals surface area contributed by atoms with E-state index in [1.807, 2.05) is 104 Å². The molecule has 60 heavy (non-hydrogen) atoms. The molecule has 0 saturated heterocycles. The van der Waals surface area contributed by atoms with Gasteiger partial charge in [0.05, 0.1) is 0 Å². The predicted octanol–water partition coefficient (Wildman–Crippen LogP) is 24.2. The third kappa shape index (κ3) is 75.1. The molecule has 0 unspecified atom stereocenters. The molecule has 0 aliphatic heterocycles. The minimum atomic E-state index is 0.570. The lowest BCUT2D eigenvalue weighted by molar-refractivity contribution is 0.141. The highest BCUT2D eigenvalue weighted by atomic mass is 14.4. The van der Waals surface area contributed by atoms with Crippen LogP contribution in [0.4, 0.5) is 0 Å². The lowest BCUT2D eigenvalue weighted by atomic mass is 9.69. The predicted molar refractivity (Wildman–Crippen MR) is 297 cm³/mol. The normalized spacial score (nSPS) is 15.3. The van der Waals surface area contributed by atoms with Gasteiger partial charge in [-0.25, -0.2) is 0 Å². The maximum Gasteiger partial charge on any atom is -0.0354 e. The van der Waals surface area contributed by atoms with Crippen molar-refractivity contribution in [3.8, 4) is 0 Å². The van der Waals surface area contributed by atoms with Crippen molar-refractivity contribution in [1.82, 2.24) is 0 Å². The van der Waals surface area contributed by atoms with Gasteiger partial charge in [0.1, 0.15) is 0 Å². The second kappa shape index (κ2) is 58.7. The Bertz CT molecular complexity index is 642. The summed E-state index contributed by atoms with van der Waals surface area (Å²) in [6, 6.07) is 0. The van der Waals surface area contributed by atoms with Gasteiger partial charge in [-0.05, 0) is 115 Å². The van der Waals surface area contributed by atoms with Crippen molar-refractivity contribution in [3.05, 3.63) is 12.7 Å². The van der Waals surface area contributed by atoms with E-state index in [2.05, 4.69) is 131 Å². The van der Waals surface area contributed by atoms with Crippen LogP contribution >= 0.6 is 0 Å². The first-order valence-electron chi connectivity index (χ1n) is 27.4. The minimum absolute atomic E-state index is 0.570. The third-order valence-corrected chi connectivity index (χ3v) is 10.4. The highest BCUT2D eigenvalue weighted by molar-refractivity contribution is 4.84. The summed E-state index contributed by atoms with van der Waals surface area (Å²) in [6.07, 6.45) is 23.7. The van der Waals surface area contributed by atoms with E-state index >= 15 is 0 Å². The second-order valence-corrected chi connectivity index (χ2v) is 20.6. The largest absolute Gasteiger partial charge is 0.103 e. The zero-order chi connectivity index (χ0) is 50.8. The summed E-state index contributed by atoms with van der Waals surface area (Å²) in [6.45, 7) is 74.6.